The van der Waals surface area contributed by atoms with Crippen LogP contribution in [-0.4, -0.2) is 62.5 Å². The first-order valence-electron chi connectivity index (χ1n) is 11.8. The molecule has 0 radical (unpaired) electrons. The molecule has 3 heterocycles. The number of hydrogen-bond acceptors (Lipinski definition) is 8. The van der Waals surface area contributed by atoms with E-state index >= 15 is 0 Å². The van der Waals surface area contributed by atoms with Crippen molar-refractivity contribution < 1.29 is 23.8 Å². The van der Waals surface area contributed by atoms with Gasteiger partial charge in [-0.15, -0.1) is 0 Å². The second kappa shape index (κ2) is 10.3. The molecule has 1 aliphatic carbocycles. The molecule has 11 heteroatoms. The van der Waals surface area contributed by atoms with Crippen LogP contribution in [0.2, 0.25) is 5.02 Å². The van der Waals surface area contributed by atoms with Crippen molar-refractivity contribution in [1.29, 1.82) is 0 Å². The smallest absolute Gasteiger partial charge is 0.415 e. The molecule has 1 fully saturated rings. The van der Waals surface area contributed by atoms with E-state index in [9.17, 15) is 9.59 Å². The van der Waals surface area contributed by atoms with Gasteiger partial charge in [0.15, 0.2) is 18.2 Å². The number of benzene rings is 1. The molecule has 5 rings (SSSR count). The molecule has 0 spiro atoms. The second-order valence-corrected chi connectivity index (χ2v) is 9.27. The van der Waals surface area contributed by atoms with Crippen molar-refractivity contribution in [2.24, 2.45) is 11.7 Å². The number of nitrogens with zero attached hydrogens (tertiary/aromatic N) is 2. The summed E-state index contributed by atoms with van der Waals surface area (Å²) in [6.45, 7) is 2.82. The van der Waals surface area contributed by atoms with Crippen LogP contribution < -0.4 is 30.7 Å². The molecule has 1 aromatic carbocycles. The van der Waals surface area contributed by atoms with Gasteiger partial charge in [0.2, 0.25) is 0 Å². The van der Waals surface area contributed by atoms with Crippen LogP contribution in [-0.2, 0) is 22.4 Å². The van der Waals surface area contributed by atoms with E-state index in [0.29, 0.717) is 60.2 Å². The lowest BCUT2D eigenvalue weighted by molar-refractivity contribution is -0.118. The number of aromatic nitrogens is 1. The first-order chi connectivity index (χ1) is 17.0. The molecule has 0 saturated carbocycles. The Morgan fingerprint density at radius 2 is 2.14 bits per heavy atom. The zero-order chi connectivity index (χ0) is 24.4. The zero-order valence-electron chi connectivity index (χ0n) is 19.2. The summed E-state index contributed by atoms with van der Waals surface area (Å²) in [5.41, 5.74) is 7.95. The van der Waals surface area contributed by atoms with E-state index < -0.39 is 6.09 Å². The van der Waals surface area contributed by atoms with Crippen LogP contribution in [0.1, 0.15) is 17.5 Å². The fourth-order valence-electron chi connectivity index (χ4n) is 4.68. The van der Waals surface area contributed by atoms with Crippen LogP contribution in [0.25, 0.3) is 0 Å². The SMILES string of the molecule is NCCOc1ccc2c(c1Cl)CC(CNCCC1CN(c3ccc4c(n3)NC(=O)CO4)C(=O)O1)C2. The molecule has 3 aliphatic rings. The van der Waals surface area contributed by atoms with E-state index in [1.165, 1.54) is 10.5 Å². The van der Waals surface area contributed by atoms with Gasteiger partial charge in [0, 0.05) is 6.54 Å². The summed E-state index contributed by atoms with van der Waals surface area (Å²) in [5, 5.41) is 6.84. The maximum absolute atomic E-state index is 12.4. The minimum Gasteiger partial charge on any atom is -0.491 e. The molecule has 0 bridgehead atoms. The normalized spacial score (nSPS) is 20.7. The second-order valence-electron chi connectivity index (χ2n) is 8.89. The molecular weight excluding hydrogens is 474 g/mol. The van der Waals surface area contributed by atoms with Crippen molar-refractivity contribution in [3.63, 3.8) is 0 Å². The fraction of sp³-hybridized carbons (Fsp3) is 0.458. The Kier molecular flexibility index (Phi) is 6.94. The van der Waals surface area contributed by atoms with Gasteiger partial charge in [-0.3, -0.25) is 9.69 Å². The number of halogens is 1. The van der Waals surface area contributed by atoms with Crippen molar-refractivity contribution in [3.8, 4) is 11.5 Å². The van der Waals surface area contributed by atoms with E-state index in [-0.39, 0.29) is 18.6 Å². The molecule has 2 aromatic rings. The number of hydrogen-bond donors (Lipinski definition) is 3. The summed E-state index contributed by atoms with van der Waals surface area (Å²) < 4.78 is 16.5. The third-order valence-corrected chi connectivity index (χ3v) is 6.78. The van der Waals surface area contributed by atoms with Crippen LogP contribution in [0.3, 0.4) is 0 Å². The third-order valence-electron chi connectivity index (χ3n) is 6.37. The van der Waals surface area contributed by atoms with Gasteiger partial charge in [0.25, 0.3) is 5.91 Å². The monoisotopic (exact) mass is 501 g/mol. The highest BCUT2D eigenvalue weighted by atomic mass is 35.5. The minimum atomic E-state index is -0.445. The number of nitrogens with one attached hydrogen (secondary N) is 2. The summed E-state index contributed by atoms with van der Waals surface area (Å²) in [6, 6.07) is 7.39. The highest BCUT2D eigenvalue weighted by Gasteiger charge is 2.34. The standard InChI is InChI=1S/C24H28ClN5O5/c25-22-17-10-14(9-15(17)1-2-18(22)33-8-6-26)11-27-7-5-16-12-30(24(32)35-16)20-4-3-19-23(28-20)29-21(31)13-34-19/h1-4,14,16,27H,5-13,26H2,(H,28,29,31). The van der Waals surface area contributed by atoms with Crippen molar-refractivity contribution in [2.45, 2.75) is 25.4 Å². The fourth-order valence-corrected chi connectivity index (χ4v) is 5.00. The maximum atomic E-state index is 12.4. The Labute approximate surface area is 208 Å². The van der Waals surface area contributed by atoms with Crippen molar-refractivity contribution in [3.05, 3.63) is 40.4 Å². The van der Waals surface area contributed by atoms with Crippen LogP contribution in [0.4, 0.5) is 16.4 Å². The third kappa shape index (κ3) is 5.14. The molecular formula is C24H28ClN5O5. The Hall–Kier alpha value is -3.08. The molecule has 10 nitrogen and oxygen atoms in total. The van der Waals surface area contributed by atoms with Crippen molar-refractivity contribution >= 4 is 35.2 Å². The minimum absolute atomic E-state index is 0.0426. The molecule has 2 aliphatic heterocycles. The van der Waals surface area contributed by atoms with E-state index in [4.69, 9.17) is 31.5 Å². The molecule has 1 saturated heterocycles. The molecule has 1 aromatic heterocycles. The molecule has 186 valence electrons. The molecule has 2 amide bonds. The van der Waals surface area contributed by atoms with E-state index in [1.807, 2.05) is 6.07 Å². The van der Waals surface area contributed by atoms with Crippen LogP contribution in [0.15, 0.2) is 24.3 Å². The number of fused-ring (bicyclic) bond motifs is 2. The van der Waals surface area contributed by atoms with Gasteiger partial charge in [-0.05, 0) is 67.6 Å². The average molecular weight is 502 g/mol. The predicted molar refractivity (Wildman–Crippen MR) is 130 cm³/mol. The summed E-state index contributed by atoms with van der Waals surface area (Å²) in [7, 11) is 0. The number of anilines is 2. The Balaban J connectivity index is 1.08. The molecule has 2 atom stereocenters. The summed E-state index contributed by atoms with van der Waals surface area (Å²) >= 11 is 6.55. The molecule has 4 N–H and O–H groups in total. The van der Waals surface area contributed by atoms with E-state index in [2.05, 4.69) is 21.7 Å². The number of carbonyl (C=O) groups excluding carboxylic acids is 2. The van der Waals surface area contributed by atoms with Gasteiger partial charge in [-0.1, -0.05) is 17.7 Å². The largest absolute Gasteiger partial charge is 0.491 e. The van der Waals surface area contributed by atoms with Gasteiger partial charge >= 0.3 is 6.09 Å². The lowest BCUT2D eigenvalue weighted by atomic mass is 10.1. The zero-order valence-corrected chi connectivity index (χ0v) is 20.0. The summed E-state index contributed by atoms with van der Waals surface area (Å²) in [4.78, 5) is 29.8. The number of cyclic esters (lactones) is 1. The van der Waals surface area contributed by atoms with Gasteiger partial charge in [0.1, 0.15) is 24.3 Å². The Bertz CT molecular complexity index is 1130. The highest BCUT2D eigenvalue weighted by Crippen LogP contribution is 2.38. The van der Waals surface area contributed by atoms with E-state index in [0.717, 1.165) is 31.5 Å². The van der Waals surface area contributed by atoms with Crippen LogP contribution >= 0.6 is 11.6 Å². The Morgan fingerprint density at radius 3 is 3.00 bits per heavy atom. The van der Waals surface area contributed by atoms with Crippen molar-refractivity contribution in [2.75, 3.05) is 49.6 Å². The quantitative estimate of drug-likeness (QED) is 0.446. The molecule has 35 heavy (non-hydrogen) atoms. The maximum Gasteiger partial charge on any atom is 0.415 e. The number of amides is 2. The molecule has 2 unspecified atom stereocenters. The number of pyridine rings is 1. The highest BCUT2D eigenvalue weighted by molar-refractivity contribution is 6.33. The van der Waals surface area contributed by atoms with E-state index in [1.54, 1.807) is 12.1 Å². The first-order valence-corrected chi connectivity index (χ1v) is 12.1. The average Bonchev–Trinajstić information content (AvgIpc) is 3.44. The van der Waals surface area contributed by atoms with Crippen LogP contribution in [0.5, 0.6) is 11.5 Å². The predicted octanol–water partition coefficient (Wildman–Crippen LogP) is 2.12. The van der Waals surface area contributed by atoms with Gasteiger partial charge in [0.05, 0.1) is 11.6 Å². The van der Waals surface area contributed by atoms with Gasteiger partial charge < -0.3 is 30.6 Å². The lowest BCUT2D eigenvalue weighted by Crippen LogP contribution is -2.30. The summed E-state index contributed by atoms with van der Waals surface area (Å²) in [5.74, 6) is 2.09. The lowest BCUT2D eigenvalue weighted by Gasteiger charge is -2.19. The van der Waals surface area contributed by atoms with Gasteiger partial charge in [-0.25, -0.2) is 9.78 Å². The van der Waals surface area contributed by atoms with Crippen LogP contribution in [0, 0.1) is 5.92 Å². The number of ether oxygens (including phenoxy) is 3. The Morgan fingerprint density at radius 1 is 1.26 bits per heavy atom. The number of carbonyl (C=O) groups is 2. The number of rotatable bonds is 9. The van der Waals surface area contributed by atoms with Crippen molar-refractivity contribution in [1.82, 2.24) is 10.3 Å². The summed E-state index contributed by atoms with van der Waals surface area (Å²) in [6.07, 6.45) is 1.87. The first kappa shape index (κ1) is 23.7. The van der Waals surface area contributed by atoms with Gasteiger partial charge in [-0.2, -0.15) is 0 Å². The topological polar surface area (TPSA) is 128 Å². The number of nitrogens with two attached hydrogens (primary N) is 1.